The number of nitrogens with two attached hydrogens (primary N) is 1. The lowest BCUT2D eigenvalue weighted by Crippen LogP contribution is -2.05. The summed E-state index contributed by atoms with van der Waals surface area (Å²) in [5.74, 6) is -0.230. The van der Waals surface area contributed by atoms with Crippen LogP contribution in [-0.2, 0) is 6.54 Å². The zero-order chi connectivity index (χ0) is 14.2. The van der Waals surface area contributed by atoms with E-state index in [4.69, 9.17) is 5.73 Å². The van der Waals surface area contributed by atoms with Gasteiger partial charge < -0.3 is 5.73 Å². The van der Waals surface area contributed by atoms with Crippen LogP contribution in [0.5, 0.6) is 0 Å². The van der Waals surface area contributed by atoms with Gasteiger partial charge in [0.1, 0.15) is 5.82 Å². The Labute approximate surface area is 113 Å². The van der Waals surface area contributed by atoms with Crippen molar-refractivity contribution in [3.63, 3.8) is 0 Å². The molecule has 0 spiro atoms. The SMILES string of the molecule is CCn1nc(C)c(-c2cc(C(C)N)ccc2F)c1C. The van der Waals surface area contributed by atoms with Crippen molar-refractivity contribution in [2.45, 2.75) is 40.3 Å². The lowest BCUT2D eigenvalue weighted by atomic mass is 9.98. The molecule has 2 aromatic rings. The van der Waals surface area contributed by atoms with Gasteiger partial charge in [0, 0.05) is 29.4 Å². The monoisotopic (exact) mass is 261 g/mol. The van der Waals surface area contributed by atoms with Gasteiger partial charge in [-0.3, -0.25) is 4.68 Å². The molecule has 0 bridgehead atoms. The summed E-state index contributed by atoms with van der Waals surface area (Å²) in [6, 6.07) is 4.94. The zero-order valence-corrected chi connectivity index (χ0v) is 11.9. The molecule has 0 aliphatic rings. The van der Waals surface area contributed by atoms with Crippen LogP contribution >= 0.6 is 0 Å². The summed E-state index contributed by atoms with van der Waals surface area (Å²) in [6.45, 7) is 8.58. The predicted octanol–water partition coefficient (Wildman–Crippen LogP) is 3.35. The lowest BCUT2D eigenvalue weighted by molar-refractivity contribution is 0.627. The number of nitrogens with zero attached hydrogens (tertiary/aromatic N) is 2. The molecular weight excluding hydrogens is 241 g/mol. The molecule has 0 saturated heterocycles. The van der Waals surface area contributed by atoms with E-state index in [0.29, 0.717) is 5.56 Å². The summed E-state index contributed by atoms with van der Waals surface area (Å²) >= 11 is 0. The molecule has 0 fully saturated rings. The van der Waals surface area contributed by atoms with Gasteiger partial charge in [0.15, 0.2) is 0 Å². The first-order valence-corrected chi connectivity index (χ1v) is 6.55. The van der Waals surface area contributed by atoms with E-state index in [2.05, 4.69) is 5.10 Å². The summed E-state index contributed by atoms with van der Waals surface area (Å²) in [6.07, 6.45) is 0. The molecule has 3 nitrogen and oxygen atoms in total. The van der Waals surface area contributed by atoms with Crippen LogP contribution < -0.4 is 5.73 Å². The largest absolute Gasteiger partial charge is 0.324 e. The second-order valence-electron chi connectivity index (χ2n) is 4.89. The Hall–Kier alpha value is -1.68. The fourth-order valence-corrected chi connectivity index (χ4v) is 2.41. The number of halogens is 1. The predicted molar refractivity (Wildman–Crippen MR) is 75.4 cm³/mol. The second-order valence-corrected chi connectivity index (χ2v) is 4.89. The quantitative estimate of drug-likeness (QED) is 0.920. The van der Waals surface area contributed by atoms with Gasteiger partial charge in [0.05, 0.1) is 5.69 Å². The van der Waals surface area contributed by atoms with Gasteiger partial charge in [-0.15, -0.1) is 0 Å². The Balaban J connectivity index is 2.64. The molecule has 2 rings (SSSR count). The molecule has 0 radical (unpaired) electrons. The van der Waals surface area contributed by atoms with Crippen molar-refractivity contribution in [3.8, 4) is 11.1 Å². The maximum Gasteiger partial charge on any atom is 0.131 e. The molecule has 0 saturated carbocycles. The first-order chi connectivity index (χ1) is 8.95. The molecule has 1 heterocycles. The number of benzene rings is 1. The first-order valence-electron chi connectivity index (χ1n) is 6.55. The average molecular weight is 261 g/mol. The third-order valence-electron chi connectivity index (χ3n) is 3.47. The van der Waals surface area contributed by atoms with Gasteiger partial charge in [0.25, 0.3) is 0 Å². The van der Waals surface area contributed by atoms with E-state index in [-0.39, 0.29) is 11.9 Å². The van der Waals surface area contributed by atoms with E-state index in [1.54, 1.807) is 6.07 Å². The van der Waals surface area contributed by atoms with Crippen molar-refractivity contribution < 1.29 is 4.39 Å². The molecule has 19 heavy (non-hydrogen) atoms. The van der Waals surface area contributed by atoms with Gasteiger partial charge in [-0.1, -0.05) is 6.07 Å². The average Bonchev–Trinajstić information content (AvgIpc) is 2.65. The van der Waals surface area contributed by atoms with Crippen molar-refractivity contribution in [2.75, 3.05) is 0 Å². The van der Waals surface area contributed by atoms with Crippen LogP contribution in [-0.4, -0.2) is 9.78 Å². The van der Waals surface area contributed by atoms with Crippen LogP contribution in [0.1, 0.15) is 36.8 Å². The highest BCUT2D eigenvalue weighted by molar-refractivity contribution is 5.70. The lowest BCUT2D eigenvalue weighted by Gasteiger charge is -2.10. The summed E-state index contributed by atoms with van der Waals surface area (Å²) in [5.41, 5.74) is 10.1. The van der Waals surface area contributed by atoms with Gasteiger partial charge in [0.2, 0.25) is 0 Å². The van der Waals surface area contributed by atoms with Crippen molar-refractivity contribution >= 4 is 0 Å². The maximum absolute atomic E-state index is 14.1. The first kappa shape index (κ1) is 13.7. The molecule has 1 aromatic carbocycles. The molecule has 1 unspecified atom stereocenters. The Kier molecular flexibility index (Phi) is 3.71. The van der Waals surface area contributed by atoms with E-state index in [1.165, 1.54) is 6.07 Å². The van der Waals surface area contributed by atoms with E-state index in [9.17, 15) is 4.39 Å². The molecule has 1 atom stereocenters. The molecule has 102 valence electrons. The summed E-state index contributed by atoms with van der Waals surface area (Å²) in [4.78, 5) is 0. The van der Waals surface area contributed by atoms with E-state index in [1.807, 2.05) is 38.4 Å². The van der Waals surface area contributed by atoms with Crippen molar-refractivity contribution in [1.29, 1.82) is 0 Å². The van der Waals surface area contributed by atoms with Crippen molar-refractivity contribution in [2.24, 2.45) is 5.73 Å². The Bertz CT molecular complexity index is 600. The molecule has 0 aliphatic heterocycles. The van der Waals surface area contributed by atoms with Gasteiger partial charge in [-0.25, -0.2) is 4.39 Å². The number of aryl methyl sites for hydroxylation is 2. The molecular formula is C15H20FN3. The third-order valence-corrected chi connectivity index (χ3v) is 3.47. The Morgan fingerprint density at radius 2 is 2.05 bits per heavy atom. The van der Waals surface area contributed by atoms with Crippen LogP contribution in [0.4, 0.5) is 4.39 Å². The van der Waals surface area contributed by atoms with E-state index < -0.39 is 0 Å². The molecule has 4 heteroatoms. The topological polar surface area (TPSA) is 43.8 Å². The van der Waals surface area contributed by atoms with Crippen LogP contribution in [0, 0.1) is 19.7 Å². The van der Waals surface area contributed by atoms with Crippen LogP contribution in [0.15, 0.2) is 18.2 Å². The highest BCUT2D eigenvalue weighted by Gasteiger charge is 2.17. The van der Waals surface area contributed by atoms with Crippen LogP contribution in [0.2, 0.25) is 0 Å². The third kappa shape index (κ3) is 2.40. The summed E-state index contributed by atoms with van der Waals surface area (Å²) < 4.78 is 16.0. The standard InChI is InChI=1S/C15H20FN3/c1-5-19-11(4)15(10(3)18-19)13-8-12(9(2)17)6-7-14(13)16/h6-9H,5,17H2,1-4H3. The zero-order valence-electron chi connectivity index (χ0n) is 11.9. The minimum absolute atomic E-state index is 0.110. The highest BCUT2D eigenvalue weighted by Crippen LogP contribution is 2.31. The molecule has 2 N–H and O–H groups in total. The number of rotatable bonds is 3. The summed E-state index contributed by atoms with van der Waals surface area (Å²) in [7, 11) is 0. The normalized spacial score (nSPS) is 12.7. The second kappa shape index (κ2) is 5.13. The fraction of sp³-hybridized carbons (Fsp3) is 0.400. The maximum atomic E-state index is 14.1. The summed E-state index contributed by atoms with van der Waals surface area (Å²) in [5, 5.41) is 4.44. The van der Waals surface area contributed by atoms with Crippen molar-refractivity contribution in [1.82, 2.24) is 9.78 Å². The molecule has 0 amide bonds. The Morgan fingerprint density at radius 1 is 1.37 bits per heavy atom. The number of hydrogen-bond acceptors (Lipinski definition) is 2. The molecule has 0 aliphatic carbocycles. The smallest absolute Gasteiger partial charge is 0.131 e. The number of hydrogen-bond donors (Lipinski definition) is 1. The minimum atomic E-state index is -0.230. The van der Waals surface area contributed by atoms with E-state index in [0.717, 1.165) is 29.1 Å². The van der Waals surface area contributed by atoms with Crippen LogP contribution in [0.3, 0.4) is 0 Å². The van der Waals surface area contributed by atoms with E-state index >= 15 is 0 Å². The van der Waals surface area contributed by atoms with Crippen molar-refractivity contribution in [3.05, 3.63) is 41.0 Å². The van der Waals surface area contributed by atoms with Gasteiger partial charge in [-0.05, 0) is 45.4 Å². The minimum Gasteiger partial charge on any atom is -0.324 e. The van der Waals surface area contributed by atoms with Gasteiger partial charge >= 0.3 is 0 Å². The van der Waals surface area contributed by atoms with Crippen LogP contribution in [0.25, 0.3) is 11.1 Å². The number of aromatic nitrogens is 2. The highest BCUT2D eigenvalue weighted by atomic mass is 19.1. The van der Waals surface area contributed by atoms with Gasteiger partial charge in [-0.2, -0.15) is 5.10 Å². The fourth-order valence-electron chi connectivity index (χ4n) is 2.41. The Morgan fingerprint density at radius 3 is 2.58 bits per heavy atom. The molecule has 1 aromatic heterocycles.